The summed E-state index contributed by atoms with van der Waals surface area (Å²) >= 11 is 1.62. The molecule has 1 unspecified atom stereocenters. The summed E-state index contributed by atoms with van der Waals surface area (Å²) in [5.74, 6) is 0. The van der Waals surface area contributed by atoms with Crippen LogP contribution in [0.3, 0.4) is 0 Å². The Morgan fingerprint density at radius 3 is 3.43 bits per heavy atom. The standard InChI is InChI=1S/C9H14N2O2S/c1-3-13-8(5-10-1)6-12-7-9-11-2-4-14-9/h2,4,8,10H,1,3,5-7H2. The number of hydrogen-bond acceptors (Lipinski definition) is 5. The molecule has 1 aromatic rings. The SMILES string of the molecule is c1csc(COCC2CNCCO2)n1. The van der Waals surface area contributed by atoms with Crippen molar-refractivity contribution in [2.45, 2.75) is 12.7 Å². The van der Waals surface area contributed by atoms with Gasteiger partial charge in [-0.3, -0.25) is 0 Å². The Hall–Kier alpha value is -0.490. The van der Waals surface area contributed by atoms with Crippen molar-refractivity contribution in [1.29, 1.82) is 0 Å². The molecule has 0 aliphatic carbocycles. The molecular formula is C9H14N2O2S. The van der Waals surface area contributed by atoms with Gasteiger partial charge in [0.25, 0.3) is 0 Å². The van der Waals surface area contributed by atoms with E-state index < -0.39 is 0 Å². The highest BCUT2D eigenvalue weighted by Gasteiger charge is 2.13. The summed E-state index contributed by atoms with van der Waals surface area (Å²) in [5.41, 5.74) is 0. The van der Waals surface area contributed by atoms with Gasteiger partial charge in [0, 0.05) is 24.7 Å². The lowest BCUT2D eigenvalue weighted by molar-refractivity contribution is -0.0357. The molecule has 0 spiro atoms. The minimum absolute atomic E-state index is 0.198. The van der Waals surface area contributed by atoms with Crippen molar-refractivity contribution in [3.05, 3.63) is 16.6 Å². The molecule has 5 heteroatoms. The van der Waals surface area contributed by atoms with Gasteiger partial charge in [0.2, 0.25) is 0 Å². The largest absolute Gasteiger partial charge is 0.373 e. The summed E-state index contributed by atoms with van der Waals surface area (Å²) in [7, 11) is 0. The smallest absolute Gasteiger partial charge is 0.118 e. The first-order valence-electron chi connectivity index (χ1n) is 4.73. The molecule has 78 valence electrons. The number of thiazole rings is 1. The summed E-state index contributed by atoms with van der Waals surface area (Å²) in [6.07, 6.45) is 1.99. The van der Waals surface area contributed by atoms with Crippen LogP contribution >= 0.6 is 11.3 Å². The molecule has 2 rings (SSSR count). The van der Waals surface area contributed by atoms with Crippen LogP contribution in [0.2, 0.25) is 0 Å². The number of rotatable bonds is 4. The lowest BCUT2D eigenvalue weighted by Crippen LogP contribution is -2.40. The first-order chi connectivity index (χ1) is 6.95. The Kier molecular flexibility index (Phi) is 3.88. The van der Waals surface area contributed by atoms with Gasteiger partial charge in [-0.15, -0.1) is 11.3 Å². The van der Waals surface area contributed by atoms with Gasteiger partial charge in [-0.25, -0.2) is 4.98 Å². The van der Waals surface area contributed by atoms with E-state index in [1.807, 2.05) is 5.38 Å². The van der Waals surface area contributed by atoms with Crippen molar-refractivity contribution >= 4 is 11.3 Å². The molecule has 0 aromatic carbocycles. The Balaban J connectivity index is 1.62. The molecule has 0 radical (unpaired) electrons. The topological polar surface area (TPSA) is 43.4 Å². The van der Waals surface area contributed by atoms with Crippen LogP contribution in [0.5, 0.6) is 0 Å². The third-order valence-electron chi connectivity index (χ3n) is 2.02. The highest BCUT2D eigenvalue weighted by atomic mass is 32.1. The van der Waals surface area contributed by atoms with Gasteiger partial charge < -0.3 is 14.8 Å². The van der Waals surface area contributed by atoms with Crippen molar-refractivity contribution in [2.24, 2.45) is 0 Å². The normalized spacial score (nSPS) is 22.4. The second-order valence-electron chi connectivity index (χ2n) is 3.14. The number of hydrogen-bond donors (Lipinski definition) is 1. The maximum Gasteiger partial charge on any atom is 0.118 e. The number of nitrogens with one attached hydrogen (secondary N) is 1. The molecule has 0 amide bonds. The lowest BCUT2D eigenvalue weighted by atomic mass is 10.3. The Morgan fingerprint density at radius 2 is 2.71 bits per heavy atom. The number of nitrogens with zero attached hydrogens (tertiary/aromatic N) is 1. The molecule has 1 aliphatic rings. The predicted octanol–water partition coefficient (Wildman–Crippen LogP) is 0.648. The van der Waals surface area contributed by atoms with Crippen LogP contribution in [-0.2, 0) is 16.1 Å². The molecule has 1 atom stereocenters. The van der Waals surface area contributed by atoms with Gasteiger partial charge >= 0.3 is 0 Å². The van der Waals surface area contributed by atoms with Gasteiger partial charge in [0.05, 0.1) is 25.9 Å². The molecular weight excluding hydrogens is 200 g/mol. The van der Waals surface area contributed by atoms with Gasteiger partial charge in [0.1, 0.15) is 5.01 Å². The van der Waals surface area contributed by atoms with Gasteiger partial charge in [-0.2, -0.15) is 0 Å². The third kappa shape index (κ3) is 3.02. The highest BCUT2D eigenvalue weighted by Crippen LogP contribution is 2.06. The Labute approximate surface area is 87.3 Å². The van der Waals surface area contributed by atoms with Crippen molar-refractivity contribution in [1.82, 2.24) is 10.3 Å². The van der Waals surface area contributed by atoms with E-state index in [9.17, 15) is 0 Å². The van der Waals surface area contributed by atoms with E-state index in [-0.39, 0.29) is 6.10 Å². The minimum atomic E-state index is 0.198. The number of ether oxygens (including phenoxy) is 2. The lowest BCUT2D eigenvalue weighted by Gasteiger charge is -2.23. The maximum atomic E-state index is 5.50. The molecule has 1 fully saturated rings. The molecule has 4 nitrogen and oxygen atoms in total. The van der Waals surface area contributed by atoms with Gasteiger partial charge in [-0.1, -0.05) is 0 Å². The van der Waals surface area contributed by atoms with Crippen molar-refractivity contribution < 1.29 is 9.47 Å². The van der Waals surface area contributed by atoms with Crippen LogP contribution in [0.15, 0.2) is 11.6 Å². The zero-order valence-electron chi connectivity index (χ0n) is 7.94. The fourth-order valence-electron chi connectivity index (χ4n) is 1.33. The van der Waals surface area contributed by atoms with E-state index in [1.165, 1.54) is 0 Å². The molecule has 0 bridgehead atoms. The van der Waals surface area contributed by atoms with Crippen molar-refractivity contribution in [3.8, 4) is 0 Å². The van der Waals surface area contributed by atoms with Crippen molar-refractivity contribution in [2.75, 3.05) is 26.3 Å². The molecule has 14 heavy (non-hydrogen) atoms. The average molecular weight is 214 g/mol. The molecule has 2 heterocycles. The molecule has 1 aromatic heterocycles. The second kappa shape index (κ2) is 5.41. The van der Waals surface area contributed by atoms with E-state index in [2.05, 4.69) is 10.3 Å². The predicted molar refractivity (Wildman–Crippen MR) is 54.4 cm³/mol. The van der Waals surface area contributed by atoms with Gasteiger partial charge in [0.15, 0.2) is 0 Å². The van der Waals surface area contributed by atoms with E-state index in [1.54, 1.807) is 17.5 Å². The van der Waals surface area contributed by atoms with Gasteiger partial charge in [-0.05, 0) is 0 Å². The molecule has 1 saturated heterocycles. The van der Waals surface area contributed by atoms with Crippen LogP contribution in [-0.4, -0.2) is 37.4 Å². The van der Waals surface area contributed by atoms with E-state index >= 15 is 0 Å². The summed E-state index contributed by atoms with van der Waals surface area (Å²) < 4.78 is 11.0. The number of aromatic nitrogens is 1. The first-order valence-corrected chi connectivity index (χ1v) is 5.61. The van der Waals surface area contributed by atoms with E-state index in [0.717, 1.165) is 24.7 Å². The van der Waals surface area contributed by atoms with Crippen LogP contribution in [0.1, 0.15) is 5.01 Å². The van der Waals surface area contributed by atoms with Crippen molar-refractivity contribution in [3.63, 3.8) is 0 Å². The highest BCUT2D eigenvalue weighted by molar-refractivity contribution is 7.09. The summed E-state index contributed by atoms with van der Waals surface area (Å²) in [4.78, 5) is 4.14. The monoisotopic (exact) mass is 214 g/mol. The fourth-order valence-corrected chi connectivity index (χ4v) is 1.88. The van der Waals surface area contributed by atoms with E-state index in [4.69, 9.17) is 9.47 Å². The third-order valence-corrected chi connectivity index (χ3v) is 2.77. The minimum Gasteiger partial charge on any atom is -0.373 e. The zero-order valence-corrected chi connectivity index (χ0v) is 8.76. The van der Waals surface area contributed by atoms with Crippen LogP contribution < -0.4 is 5.32 Å². The Bertz CT molecular complexity index is 247. The molecule has 1 aliphatic heterocycles. The van der Waals surface area contributed by atoms with Crippen LogP contribution in [0, 0.1) is 0 Å². The molecule has 0 saturated carbocycles. The first kappa shape index (κ1) is 10.0. The second-order valence-corrected chi connectivity index (χ2v) is 4.12. The van der Waals surface area contributed by atoms with Crippen LogP contribution in [0.4, 0.5) is 0 Å². The Morgan fingerprint density at radius 1 is 1.71 bits per heavy atom. The summed E-state index contributed by atoms with van der Waals surface area (Å²) in [6, 6.07) is 0. The summed E-state index contributed by atoms with van der Waals surface area (Å²) in [5, 5.41) is 6.24. The average Bonchev–Trinajstić information content (AvgIpc) is 2.72. The quantitative estimate of drug-likeness (QED) is 0.799. The maximum absolute atomic E-state index is 5.50. The van der Waals surface area contributed by atoms with E-state index in [0.29, 0.717) is 13.2 Å². The van der Waals surface area contributed by atoms with Crippen LogP contribution in [0.25, 0.3) is 0 Å². The fraction of sp³-hybridized carbons (Fsp3) is 0.667. The molecule has 1 N–H and O–H groups in total. The zero-order chi connectivity index (χ0) is 9.64. The number of morpholine rings is 1. The summed E-state index contributed by atoms with van der Waals surface area (Å²) in [6.45, 7) is 3.86.